The van der Waals surface area contributed by atoms with Crippen LogP contribution in [0.5, 0.6) is 0 Å². The molecule has 0 aliphatic carbocycles. The van der Waals surface area contributed by atoms with Crippen LogP contribution in [0.4, 0.5) is 0 Å². The fraction of sp³-hybridized carbons (Fsp3) is 1.00. The zero-order chi connectivity index (χ0) is 27.1. The minimum atomic E-state index is -1.03. The van der Waals surface area contributed by atoms with Crippen LogP contribution < -0.4 is 0 Å². The van der Waals surface area contributed by atoms with Gasteiger partial charge in [-0.3, -0.25) is 0 Å². The van der Waals surface area contributed by atoms with Crippen LogP contribution in [-0.2, 0) is 0 Å². The van der Waals surface area contributed by atoms with E-state index in [0.29, 0.717) is 0 Å². The third kappa shape index (κ3) is 26.4. The van der Waals surface area contributed by atoms with Gasteiger partial charge in [-0.2, -0.15) is 0 Å². The van der Waals surface area contributed by atoms with E-state index in [1.807, 2.05) is 0 Å². The van der Waals surface area contributed by atoms with E-state index >= 15 is 0 Å². The first-order chi connectivity index (χ1) is 18.2. The van der Waals surface area contributed by atoms with Gasteiger partial charge < -0.3 is 0 Å². The summed E-state index contributed by atoms with van der Waals surface area (Å²) in [5.74, 6) is 0. The summed E-state index contributed by atoms with van der Waals surface area (Å²) in [5, 5.41) is 0. The fourth-order valence-corrected chi connectivity index (χ4v) is 12.2. The van der Waals surface area contributed by atoms with Crippen molar-refractivity contribution in [1.82, 2.24) is 0 Å². The summed E-state index contributed by atoms with van der Waals surface area (Å²) < 4.78 is 0. The zero-order valence-corrected chi connectivity index (χ0v) is 28.1. The van der Waals surface area contributed by atoms with Gasteiger partial charge in [0.1, 0.15) is 0 Å². The molecule has 0 atom stereocenters. The molecule has 0 unspecified atom stereocenters. The Labute approximate surface area is 239 Å². The quantitative estimate of drug-likeness (QED) is 0.0588. The van der Waals surface area contributed by atoms with Crippen molar-refractivity contribution in [1.29, 1.82) is 0 Å². The summed E-state index contributed by atoms with van der Waals surface area (Å²) in [6, 6.07) is 0. The Morgan fingerprint density at radius 2 is 0.405 bits per heavy atom. The molecule has 37 heavy (non-hydrogen) atoms. The smallest absolute Gasteiger partial charge is 0.0654 e. The zero-order valence-electron chi connectivity index (χ0n) is 27.1. The average molecular weight is 541 g/mol. The summed E-state index contributed by atoms with van der Waals surface area (Å²) in [4.78, 5) is 0. The molecule has 0 fully saturated rings. The van der Waals surface area contributed by atoms with E-state index in [4.69, 9.17) is 0 Å². The number of hydrogen-bond donors (Lipinski definition) is 0. The monoisotopic (exact) mass is 541 g/mol. The van der Waals surface area contributed by atoms with Gasteiger partial charge in [-0.25, -0.2) is 0 Å². The first kappa shape index (κ1) is 37.4. The Morgan fingerprint density at radius 1 is 0.216 bits per heavy atom. The molecule has 0 nitrogen and oxygen atoms in total. The summed E-state index contributed by atoms with van der Waals surface area (Å²) in [5.41, 5.74) is 0. The number of hydrogen-bond acceptors (Lipinski definition) is 0. The SMILES string of the molecule is CCCCCCCCCCCCCC[PH](CCCC)(CCCC)CCCCCCCCCCCCCC. The molecule has 0 spiro atoms. The number of rotatable bonds is 32. The molecule has 1 heteroatoms. The summed E-state index contributed by atoms with van der Waals surface area (Å²) >= 11 is 0. The van der Waals surface area contributed by atoms with E-state index in [9.17, 15) is 0 Å². The average Bonchev–Trinajstić information content (AvgIpc) is 2.91. The standard InChI is InChI=1S/C36H77P/c1-5-9-13-15-17-19-21-23-25-27-29-31-35-37(33-11-7-3,34-12-8-4)36-32-30-28-26-24-22-20-18-16-14-10-6-2/h37H,5-36H2,1-4H3. The second-order valence-electron chi connectivity index (χ2n) is 13.0. The molecule has 0 aromatic carbocycles. The predicted octanol–water partition coefficient (Wildman–Crippen LogP) is 13.7. The van der Waals surface area contributed by atoms with Crippen LogP contribution in [0.15, 0.2) is 0 Å². The maximum absolute atomic E-state index is 2.42. The van der Waals surface area contributed by atoms with Gasteiger partial charge in [0.05, 0.1) is 0 Å². The Kier molecular flexibility index (Phi) is 31.3. The van der Waals surface area contributed by atoms with Gasteiger partial charge in [0.15, 0.2) is 0 Å². The normalized spacial score (nSPS) is 12.4. The van der Waals surface area contributed by atoms with Crippen LogP contribution in [0.3, 0.4) is 0 Å². The minimum Gasteiger partial charge on any atom is -0.0654 e. The van der Waals surface area contributed by atoms with Crippen molar-refractivity contribution >= 4 is 7.26 Å². The Hall–Kier alpha value is 0.430. The Morgan fingerprint density at radius 3 is 0.649 bits per heavy atom. The third-order valence-corrected chi connectivity index (χ3v) is 14.9. The van der Waals surface area contributed by atoms with E-state index in [0.717, 1.165) is 0 Å². The third-order valence-electron chi connectivity index (χ3n) is 9.24. The molecule has 0 rings (SSSR count). The van der Waals surface area contributed by atoms with Gasteiger partial charge in [-0.1, -0.05) is 26.7 Å². The van der Waals surface area contributed by atoms with Gasteiger partial charge >= 0.3 is 213 Å². The molecule has 226 valence electrons. The minimum absolute atomic E-state index is 1.03. The van der Waals surface area contributed by atoms with Gasteiger partial charge in [0.25, 0.3) is 0 Å². The van der Waals surface area contributed by atoms with Crippen molar-refractivity contribution in [3.05, 3.63) is 0 Å². The fourth-order valence-electron chi connectivity index (χ4n) is 6.54. The van der Waals surface area contributed by atoms with Crippen molar-refractivity contribution in [3.63, 3.8) is 0 Å². The van der Waals surface area contributed by atoms with Gasteiger partial charge in [0.2, 0.25) is 0 Å². The molecule has 0 amide bonds. The molecule has 0 saturated heterocycles. The van der Waals surface area contributed by atoms with Gasteiger partial charge in [-0.15, -0.1) is 0 Å². The second-order valence-corrected chi connectivity index (χ2v) is 18.0. The Bertz CT molecular complexity index is 365. The van der Waals surface area contributed by atoms with Crippen molar-refractivity contribution in [2.45, 2.75) is 207 Å². The van der Waals surface area contributed by atoms with Crippen LogP contribution >= 0.6 is 7.26 Å². The first-order valence-electron chi connectivity index (χ1n) is 18.2. The van der Waals surface area contributed by atoms with E-state index in [1.54, 1.807) is 37.5 Å². The van der Waals surface area contributed by atoms with Crippen LogP contribution in [0.25, 0.3) is 0 Å². The molecule has 0 aromatic heterocycles. The van der Waals surface area contributed by atoms with Crippen LogP contribution in [-0.4, -0.2) is 24.6 Å². The molecule has 0 heterocycles. The van der Waals surface area contributed by atoms with Crippen molar-refractivity contribution < 1.29 is 0 Å². The topological polar surface area (TPSA) is 0 Å². The predicted molar refractivity (Wildman–Crippen MR) is 180 cm³/mol. The summed E-state index contributed by atoms with van der Waals surface area (Å²) in [6.45, 7) is 9.48. The first-order valence-corrected chi connectivity index (χ1v) is 21.1. The summed E-state index contributed by atoms with van der Waals surface area (Å²) in [7, 11) is -1.03. The molecule has 0 saturated carbocycles. The molecule has 0 radical (unpaired) electrons. The Balaban J connectivity index is 4.06. The molecule has 0 bridgehead atoms. The molecule has 0 aromatic rings. The van der Waals surface area contributed by atoms with Gasteiger partial charge in [0, 0.05) is 0 Å². The van der Waals surface area contributed by atoms with Crippen LogP contribution in [0.1, 0.15) is 207 Å². The van der Waals surface area contributed by atoms with Crippen LogP contribution in [0.2, 0.25) is 0 Å². The van der Waals surface area contributed by atoms with Crippen molar-refractivity contribution in [2.24, 2.45) is 0 Å². The molecule has 0 aliphatic heterocycles. The van der Waals surface area contributed by atoms with Gasteiger partial charge in [-0.05, 0) is 0 Å². The van der Waals surface area contributed by atoms with Crippen molar-refractivity contribution in [2.75, 3.05) is 24.6 Å². The molecule has 0 N–H and O–H groups in total. The van der Waals surface area contributed by atoms with E-state index in [-0.39, 0.29) is 0 Å². The van der Waals surface area contributed by atoms with Crippen LogP contribution in [0, 0.1) is 0 Å². The van der Waals surface area contributed by atoms with E-state index < -0.39 is 7.26 Å². The number of unbranched alkanes of at least 4 members (excludes halogenated alkanes) is 24. The van der Waals surface area contributed by atoms with E-state index in [1.165, 1.54) is 167 Å². The molecular weight excluding hydrogens is 463 g/mol. The van der Waals surface area contributed by atoms with E-state index in [2.05, 4.69) is 27.7 Å². The summed E-state index contributed by atoms with van der Waals surface area (Å²) in [6.07, 6.45) is 48.2. The molecule has 0 aliphatic rings. The molecular formula is C36H77P. The van der Waals surface area contributed by atoms with Crippen molar-refractivity contribution in [3.8, 4) is 0 Å². The second kappa shape index (κ2) is 31.0. The maximum atomic E-state index is 2.42.